The van der Waals surface area contributed by atoms with Crippen LogP contribution in [0, 0.1) is 0 Å². The minimum absolute atomic E-state index is 0.0586. The van der Waals surface area contributed by atoms with Crippen molar-refractivity contribution in [2.24, 2.45) is 0 Å². The van der Waals surface area contributed by atoms with Crippen LogP contribution in [0.15, 0.2) is 17.2 Å². The minimum Gasteiger partial charge on any atom is -0.511 e. The number of aliphatic carboxylic acids is 1. The topological polar surface area (TPSA) is 105 Å². The summed E-state index contributed by atoms with van der Waals surface area (Å²) in [6.45, 7) is 0. The molecule has 0 bridgehead atoms. The second-order valence-electron chi connectivity index (χ2n) is 5.98. The second-order valence-corrected chi connectivity index (χ2v) is 5.98. The molecule has 0 radical (unpaired) electrons. The predicted molar refractivity (Wildman–Crippen MR) is 83.2 cm³/mol. The molecule has 2 N–H and O–H groups in total. The van der Waals surface area contributed by atoms with Crippen molar-refractivity contribution < 1.29 is 15.0 Å². The first kappa shape index (κ1) is 15.5. The first-order chi connectivity index (χ1) is 11.1. The summed E-state index contributed by atoms with van der Waals surface area (Å²) in [4.78, 5) is 27.2. The van der Waals surface area contributed by atoms with Gasteiger partial charge in [-0.25, -0.2) is 9.50 Å². The molecule has 0 amide bonds. The fourth-order valence-corrected chi connectivity index (χ4v) is 3.29. The van der Waals surface area contributed by atoms with Gasteiger partial charge in [-0.15, -0.1) is 0 Å². The van der Waals surface area contributed by atoms with Crippen molar-refractivity contribution in [3.63, 3.8) is 0 Å². The average Bonchev–Trinajstić information content (AvgIpc) is 3.01. The highest BCUT2D eigenvalue weighted by Crippen LogP contribution is 2.31. The van der Waals surface area contributed by atoms with Crippen LogP contribution in [0.1, 0.15) is 56.6 Å². The van der Waals surface area contributed by atoms with E-state index in [0.717, 1.165) is 31.4 Å². The lowest BCUT2D eigenvalue weighted by molar-refractivity contribution is -0.136. The van der Waals surface area contributed by atoms with Gasteiger partial charge in [0.25, 0.3) is 0 Å². The number of pyridine rings is 1. The van der Waals surface area contributed by atoms with Gasteiger partial charge in [-0.2, -0.15) is 5.10 Å². The number of rotatable bonds is 4. The number of hydrogen-bond acceptors (Lipinski definition) is 5. The quantitative estimate of drug-likeness (QED) is 0.883. The third-order valence-corrected chi connectivity index (χ3v) is 4.43. The third kappa shape index (κ3) is 3.04. The molecule has 23 heavy (non-hydrogen) atoms. The first-order valence-corrected chi connectivity index (χ1v) is 7.88. The van der Waals surface area contributed by atoms with Crippen LogP contribution in [0.25, 0.3) is 11.4 Å². The Morgan fingerprint density at radius 1 is 1.22 bits per heavy atom. The summed E-state index contributed by atoms with van der Waals surface area (Å²) >= 11 is 0. The van der Waals surface area contributed by atoms with E-state index in [1.807, 2.05) is 0 Å². The number of carboxylic acid groups (broad SMARTS) is 1. The van der Waals surface area contributed by atoms with Crippen LogP contribution in [0.3, 0.4) is 0 Å². The van der Waals surface area contributed by atoms with Crippen LogP contribution >= 0.6 is 0 Å². The van der Waals surface area contributed by atoms with Gasteiger partial charge in [-0.3, -0.25) is 9.59 Å². The van der Waals surface area contributed by atoms with E-state index in [0.29, 0.717) is 5.65 Å². The van der Waals surface area contributed by atoms with Crippen LogP contribution in [0.2, 0.25) is 0 Å². The summed E-state index contributed by atoms with van der Waals surface area (Å²) in [6.07, 6.45) is 6.52. The molecule has 0 aromatic carbocycles. The largest absolute Gasteiger partial charge is 0.511 e. The van der Waals surface area contributed by atoms with Crippen LogP contribution in [0.5, 0.6) is 0 Å². The van der Waals surface area contributed by atoms with Gasteiger partial charge in [0.15, 0.2) is 11.1 Å². The zero-order chi connectivity index (χ0) is 16.4. The van der Waals surface area contributed by atoms with Gasteiger partial charge >= 0.3 is 5.97 Å². The Labute approximate surface area is 132 Å². The average molecular weight is 317 g/mol. The summed E-state index contributed by atoms with van der Waals surface area (Å²) < 4.78 is 1.61. The normalized spacial score (nSPS) is 17.4. The molecule has 122 valence electrons. The van der Waals surface area contributed by atoms with Crippen molar-refractivity contribution >= 4 is 17.4 Å². The van der Waals surface area contributed by atoms with Crippen molar-refractivity contribution in [2.75, 3.05) is 0 Å². The van der Waals surface area contributed by atoms with E-state index in [-0.39, 0.29) is 35.2 Å². The van der Waals surface area contributed by atoms with Gasteiger partial charge in [0.05, 0.1) is 12.1 Å². The maximum atomic E-state index is 12.5. The third-order valence-electron chi connectivity index (χ3n) is 4.43. The monoisotopic (exact) mass is 317 g/mol. The van der Waals surface area contributed by atoms with Gasteiger partial charge < -0.3 is 10.2 Å². The summed E-state index contributed by atoms with van der Waals surface area (Å²) in [7, 11) is 0. The molecule has 0 saturated heterocycles. The van der Waals surface area contributed by atoms with E-state index < -0.39 is 5.97 Å². The SMILES string of the molecule is O=C(O)CC/C(O)=c1\c(=O)cc(C2CCCCC2)n2ncnc12. The Balaban J connectivity index is 2.13. The molecular formula is C16H19N3O4. The number of aromatic nitrogens is 3. The Hall–Kier alpha value is -2.44. The molecule has 7 heteroatoms. The Morgan fingerprint density at radius 3 is 2.65 bits per heavy atom. The molecule has 2 aromatic heterocycles. The number of fused-ring (bicyclic) bond motifs is 1. The van der Waals surface area contributed by atoms with Crippen molar-refractivity contribution in [3.8, 4) is 0 Å². The fraction of sp³-hybridized carbons (Fsp3) is 0.500. The molecule has 1 aliphatic carbocycles. The lowest BCUT2D eigenvalue weighted by Gasteiger charge is -2.22. The van der Waals surface area contributed by atoms with E-state index in [4.69, 9.17) is 5.11 Å². The van der Waals surface area contributed by atoms with Crippen molar-refractivity contribution in [3.05, 3.63) is 33.5 Å². The Kier molecular flexibility index (Phi) is 4.27. The summed E-state index contributed by atoms with van der Waals surface area (Å²) in [6, 6.07) is 1.52. The molecule has 2 aromatic rings. The predicted octanol–water partition coefficient (Wildman–Crippen LogP) is 1.39. The zero-order valence-corrected chi connectivity index (χ0v) is 12.7. The molecule has 2 heterocycles. The van der Waals surface area contributed by atoms with Gasteiger partial charge in [-0.05, 0) is 12.8 Å². The van der Waals surface area contributed by atoms with Gasteiger partial charge in [-0.1, -0.05) is 19.3 Å². The maximum absolute atomic E-state index is 12.5. The molecule has 7 nitrogen and oxygen atoms in total. The lowest BCUT2D eigenvalue weighted by Crippen LogP contribution is -2.31. The Morgan fingerprint density at radius 2 is 1.96 bits per heavy atom. The molecular weight excluding hydrogens is 298 g/mol. The van der Waals surface area contributed by atoms with Crippen molar-refractivity contribution in [2.45, 2.75) is 50.9 Å². The lowest BCUT2D eigenvalue weighted by atomic mass is 9.86. The van der Waals surface area contributed by atoms with Crippen LogP contribution in [0.4, 0.5) is 0 Å². The number of hydrogen-bond donors (Lipinski definition) is 2. The highest BCUT2D eigenvalue weighted by molar-refractivity contribution is 5.68. The van der Waals surface area contributed by atoms with E-state index in [2.05, 4.69) is 10.1 Å². The molecule has 3 rings (SSSR count). The van der Waals surface area contributed by atoms with Crippen LogP contribution in [-0.2, 0) is 4.79 Å². The molecule has 1 fully saturated rings. The van der Waals surface area contributed by atoms with Gasteiger partial charge in [0.1, 0.15) is 17.3 Å². The van der Waals surface area contributed by atoms with Gasteiger partial charge in [0.2, 0.25) is 0 Å². The summed E-state index contributed by atoms with van der Waals surface area (Å²) in [5, 5.41) is 23.1. The number of carboxylic acids is 1. The molecule has 0 spiro atoms. The summed E-state index contributed by atoms with van der Waals surface area (Å²) in [5.41, 5.74) is 0.812. The van der Waals surface area contributed by atoms with E-state index in [1.54, 1.807) is 4.52 Å². The Bertz CT molecular complexity index is 837. The molecule has 0 aliphatic heterocycles. The minimum atomic E-state index is -1.03. The number of aliphatic hydroxyl groups excluding tert-OH is 1. The number of aliphatic hydroxyl groups is 1. The highest BCUT2D eigenvalue weighted by Gasteiger charge is 2.21. The van der Waals surface area contributed by atoms with E-state index in [1.165, 1.54) is 18.8 Å². The standard InChI is InChI=1S/C16H19N3O4/c20-12(6-7-14(22)23)15-13(21)8-11(10-4-2-1-3-5-10)19-16(15)17-9-18-19/h8-10,20H,1-7H2,(H,22,23)/b15-12-. The zero-order valence-electron chi connectivity index (χ0n) is 12.7. The highest BCUT2D eigenvalue weighted by atomic mass is 16.4. The fourth-order valence-electron chi connectivity index (χ4n) is 3.29. The summed E-state index contributed by atoms with van der Waals surface area (Å²) in [5.74, 6) is -0.998. The molecule has 0 unspecified atom stereocenters. The van der Waals surface area contributed by atoms with E-state index in [9.17, 15) is 14.7 Å². The van der Waals surface area contributed by atoms with Crippen molar-refractivity contribution in [1.82, 2.24) is 14.6 Å². The number of nitrogens with zero attached hydrogens (tertiary/aromatic N) is 3. The van der Waals surface area contributed by atoms with Crippen LogP contribution < -0.4 is 10.6 Å². The molecule has 1 aliphatic rings. The number of carbonyl (C=O) groups is 1. The second kappa shape index (κ2) is 6.36. The van der Waals surface area contributed by atoms with Gasteiger partial charge in [0, 0.05) is 18.4 Å². The maximum Gasteiger partial charge on any atom is 0.303 e. The van der Waals surface area contributed by atoms with Crippen molar-refractivity contribution in [1.29, 1.82) is 0 Å². The molecule has 1 saturated carbocycles. The molecule has 0 atom stereocenters. The van der Waals surface area contributed by atoms with Crippen LogP contribution in [-0.4, -0.2) is 30.8 Å². The first-order valence-electron chi connectivity index (χ1n) is 7.88. The van der Waals surface area contributed by atoms with E-state index >= 15 is 0 Å². The smallest absolute Gasteiger partial charge is 0.303 e.